The first-order chi connectivity index (χ1) is 8.31. The van der Waals surface area contributed by atoms with Crippen molar-refractivity contribution in [3.05, 3.63) is 18.7 Å². The third kappa shape index (κ3) is 3.06. The van der Waals surface area contributed by atoms with Crippen LogP contribution < -0.4 is 5.32 Å². The topological polar surface area (TPSA) is 50.2 Å². The number of amides is 1. The molecule has 1 fully saturated rings. The van der Waals surface area contributed by atoms with Crippen LogP contribution in [-0.4, -0.2) is 46.5 Å². The van der Waals surface area contributed by atoms with Crippen molar-refractivity contribution < 1.29 is 4.79 Å². The highest BCUT2D eigenvalue weighted by Crippen LogP contribution is 2.17. The molecule has 0 spiro atoms. The number of imidazole rings is 1. The van der Waals surface area contributed by atoms with Crippen molar-refractivity contribution >= 4 is 5.91 Å². The maximum atomic E-state index is 12.1. The molecule has 1 amide bonds. The largest absolute Gasteiger partial charge is 0.338 e. The van der Waals surface area contributed by atoms with Gasteiger partial charge in [0.2, 0.25) is 5.91 Å². The van der Waals surface area contributed by atoms with Crippen molar-refractivity contribution in [1.82, 2.24) is 19.8 Å². The van der Waals surface area contributed by atoms with Crippen LogP contribution in [0.15, 0.2) is 18.7 Å². The highest BCUT2D eigenvalue weighted by Gasteiger charge is 2.27. The molecule has 5 heteroatoms. The molecule has 1 aromatic heterocycles. The number of carbonyl (C=O) groups excluding carboxylic acids is 1. The maximum Gasteiger partial charge on any atom is 0.224 e. The quantitative estimate of drug-likeness (QED) is 0.809. The van der Waals surface area contributed by atoms with Crippen molar-refractivity contribution in [2.24, 2.45) is 0 Å². The van der Waals surface area contributed by atoms with Gasteiger partial charge in [-0.25, -0.2) is 4.98 Å². The molecule has 0 radical (unpaired) electrons. The molecule has 0 saturated carbocycles. The molecule has 94 valence electrons. The summed E-state index contributed by atoms with van der Waals surface area (Å²) in [7, 11) is 1.94. The number of hydrogen-bond acceptors (Lipinski definition) is 3. The molecule has 5 nitrogen and oxygen atoms in total. The predicted molar refractivity (Wildman–Crippen MR) is 65.5 cm³/mol. The van der Waals surface area contributed by atoms with Gasteiger partial charge in [-0.05, 0) is 19.9 Å². The molecule has 1 aliphatic heterocycles. The number of aryl methyl sites for hydroxylation is 1. The van der Waals surface area contributed by atoms with E-state index in [9.17, 15) is 4.79 Å². The molecule has 1 saturated heterocycles. The zero-order valence-corrected chi connectivity index (χ0v) is 10.3. The van der Waals surface area contributed by atoms with Gasteiger partial charge >= 0.3 is 0 Å². The Morgan fingerprint density at radius 1 is 1.59 bits per heavy atom. The Morgan fingerprint density at radius 3 is 3.18 bits per heavy atom. The normalized spacial score (nSPS) is 19.8. The summed E-state index contributed by atoms with van der Waals surface area (Å²) in [4.78, 5) is 18.1. The van der Waals surface area contributed by atoms with Crippen LogP contribution in [-0.2, 0) is 11.3 Å². The van der Waals surface area contributed by atoms with Gasteiger partial charge in [0.25, 0.3) is 0 Å². The second-order valence-corrected chi connectivity index (χ2v) is 4.49. The predicted octanol–water partition coefficient (Wildman–Crippen LogP) is 0.484. The van der Waals surface area contributed by atoms with Gasteiger partial charge in [-0.1, -0.05) is 0 Å². The van der Waals surface area contributed by atoms with Gasteiger partial charge in [-0.3, -0.25) is 4.79 Å². The summed E-state index contributed by atoms with van der Waals surface area (Å²) in [5.41, 5.74) is 0. The zero-order valence-electron chi connectivity index (χ0n) is 10.3. The molecule has 1 unspecified atom stereocenters. The van der Waals surface area contributed by atoms with Crippen molar-refractivity contribution in [3.63, 3.8) is 0 Å². The summed E-state index contributed by atoms with van der Waals surface area (Å²) in [5.74, 6) is 0.261. The van der Waals surface area contributed by atoms with Gasteiger partial charge in [0.15, 0.2) is 0 Å². The van der Waals surface area contributed by atoms with Crippen molar-refractivity contribution in [2.75, 3.05) is 20.1 Å². The molecule has 17 heavy (non-hydrogen) atoms. The number of nitrogens with one attached hydrogen (secondary N) is 1. The first kappa shape index (κ1) is 12.1. The summed E-state index contributed by atoms with van der Waals surface area (Å²) in [5, 5.41) is 3.16. The smallest absolute Gasteiger partial charge is 0.224 e. The molecular weight excluding hydrogens is 216 g/mol. The number of rotatable bonds is 5. The number of nitrogens with zero attached hydrogens (tertiary/aromatic N) is 3. The van der Waals surface area contributed by atoms with Gasteiger partial charge in [0.05, 0.1) is 6.33 Å². The second-order valence-electron chi connectivity index (χ2n) is 4.49. The first-order valence-corrected chi connectivity index (χ1v) is 6.21. The number of likely N-dealkylation sites (tertiary alicyclic amines) is 1. The van der Waals surface area contributed by atoms with Gasteiger partial charge in [0.1, 0.15) is 0 Å². The average Bonchev–Trinajstić information content (AvgIpc) is 2.97. The van der Waals surface area contributed by atoms with E-state index in [1.807, 2.05) is 22.7 Å². The van der Waals surface area contributed by atoms with Crippen LogP contribution in [0.4, 0.5) is 0 Å². The third-order valence-corrected chi connectivity index (χ3v) is 3.28. The van der Waals surface area contributed by atoms with E-state index in [0.29, 0.717) is 12.5 Å². The molecule has 1 aromatic rings. The Balaban J connectivity index is 1.82. The number of likely N-dealkylation sites (N-methyl/N-ethyl adjacent to an activating group) is 1. The Bertz CT molecular complexity index is 349. The highest BCUT2D eigenvalue weighted by molar-refractivity contribution is 5.76. The fourth-order valence-corrected chi connectivity index (χ4v) is 2.40. The van der Waals surface area contributed by atoms with Gasteiger partial charge in [0, 0.05) is 44.5 Å². The van der Waals surface area contributed by atoms with Crippen LogP contribution >= 0.6 is 0 Å². The zero-order chi connectivity index (χ0) is 12.1. The maximum absolute atomic E-state index is 12.1. The summed E-state index contributed by atoms with van der Waals surface area (Å²) in [6.07, 6.45) is 8.20. The minimum Gasteiger partial charge on any atom is -0.338 e. The molecule has 0 aliphatic carbocycles. The van der Waals surface area contributed by atoms with E-state index in [0.717, 1.165) is 32.5 Å². The van der Waals surface area contributed by atoms with E-state index < -0.39 is 0 Å². The monoisotopic (exact) mass is 236 g/mol. The highest BCUT2D eigenvalue weighted by atomic mass is 16.2. The van der Waals surface area contributed by atoms with Crippen LogP contribution in [0.25, 0.3) is 0 Å². The van der Waals surface area contributed by atoms with Crippen LogP contribution in [0.3, 0.4) is 0 Å². The fraction of sp³-hybridized carbons (Fsp3) is 0.667. The van der Waals surface area contributed by atoms with E-state index in [-0.39, 0.29) is 5.91 Å². The molecule has 1 N–H and O–H groups in total. The van der Waals surface area contributed by atoms with Crippen LogP contribution in [0.1, 0.15) is 19.3 Å². The van der Waals surface area contributed by atoms with Crippen molar-refractivity contribution in [2.45, 2.75) is 31.8 Å². The summed E-state index contributed by atoms with van der Waals surface area (Å²) >= 11 is 0. The van der Waals surface area contributed by atoms with Crippen LogP contribution in [0, 0.1) is 0 Å². The van der Waals surface area contributed by atoms with E-state index >= 15 is 0 Å². The average molecular weight is 236 g/mol. The lowest BCUT2D eigenvalue weighted by atomic mass is 10.2. The SMILES string of the molecule is CNCC1CCCN1C(=O)CCn1ccnc1. The molecular formula is C12H20N4O. The van der Waals surface area contributed by atoms with E-state index in [1.165, 1.54) is 0 Å². The van der Waals surface area contributed by atoms with E-state index in [1.54, 1.807) is 12.5 Å². The standard InChI is InChI=1S/C12H20N4O/c1-13-9-11-3-2-6-16(11)12(17)4-7-15-8-5-14-10-15/h5,8,10-11,13H,2-4,6-7,9H2,1H3. The van der Waals surface area contributed by atoms with Crippen molar-refractivity contribution in [3.8, 4) is 0 Å². The third-order valence-electron chi connectivity index (χ3n) is 3.28. The van der Waals surface area contributed by atoms with Gasteiger partial charge in [-0.15, -0.1) is 0 Å². The Morgan fingerprint density at radius 2 is 2.47 bits per heavy atom. The molecule has 1 atom stereocenters. The molecule has 2 rings (SSSR count). The van der Waals surface area contributed by atoms with Crippen LogP contribution in [0.2, 0.25) is 0 Å². The van der Waals surface area contributed by atoms with Gasteiger partial charge < -0.3 is 14.8 Å². The molecule has 0 bridgehead atoms. The molecule has 0 aromatic carbocycles. The lowest BCUT2D eigenvalue weighted by Crippen LogP contribution is -2.41. The van der Waals surface area contributed by atoms with Crippen molar-refractivity contribution in [1.29, 1.82) is 0 Å². The minimum absolute atomic E-state index is 0.261. The molecule has 2 heterocycles. The van der Waals surface area contributed by atoms with Gasteiger partial charge in [-0.2, -0.15) is 0 Å². The Labute approximate surface area is 102 Å². The molecule has 1 aliphatic rings. The van der Waals surface area contributed by atoms with E-state index in [2.05, 4.69) is 10.3 Å². The summed E-state index contributed by atoms with van der Waals surface area (Å²) < 4.78 is 1.95. The number of hydrogen-bond donors (Lipinski definition) is 1. The Hall–Kier alpha value is -1.36. The summed E-state index contributed by atoms with van der Waals surface area (Å²) in [6.45, 7) is 2.54. The number of carbonyl (C=O) groups is 1. The second kappa shape index (κ2) is 5.82. The first-order valence-electron chi connectivity index (χ1n) is 6.21. The number of aromatic nitrogens is 2. The fourth-order valence-electron chi connectivity index (χ4n) is 2.40. The van der Waals surface area contributed by atoms with Crippen LogP contribution in [0.5, 0.6) is 0 Å². The minimum atomic E-state index is 0.261. The lowest BCUT2D eigenvalue weighted by Gasteiger charge is -2.24. The van der Waals surface area contributed by atoms with E-state index in [4.69, 9.17) is 0 Å². The lowest BCUT2D eigenvalue weighted by molar-refractivity contribution is -0.132. The summed E-state index contributed by atoms with van der Waals surface area (Å²) in [6, 6.07) is 0.385. The Kier molecular flexibility index (Phi) is 4.14.